The van der Waals surface area contributed by atoms with Crippen LogP contribution in [-0.2, 0) is 0 Å². The van der Waals surface area contributed by atoms with Crippen LogP contribution in [0.4, 0.5) is 11.4 Å². The molecule has 2 fully saturated rings. The van der Waals surface area contributed by atoms with Crippen LogP contribution in [-0.4, -0.2) is 18.5 Å². The van der Waals surface area contributed by atoms with Crippen molar-refractivity contribution < 1.29 is 4.79 Å². The predicted octanol–water partition coefficient (Wildman–Crippen LogP) is 2.53. The molecule has 4 nitrogen and oxygen atoms in total. The first-order chi connectivity index (χ1) is 9.68. The van der Waals surface area contributed by atoms with Gasteiger partial charge in [-0.05, 0) is 43.7 Å². The van der Waals surface area contributed by atoms with Crippen LogP contribution in [0.3, 0.4) is 0 Å². The van der Waals surface area contributed by atoms with Crippen molar-refractivity contribution in [1.29, 1.82) is 0 Å². The number of para-hydroxylation sites is 1. The van der Waals surface area contributed by atoms with E-state index in [0.717, 1.165) is 18.2 Å². The van der Waals surface area contributed by atoms with Crippen molar-refractivity contribution in [2.75, 3.05) is 17.2 Å². The fourth-order valence-electron chi connectivity index (χ4n) is 3.98. The molecule has 4 N–H and O–H groups in total. The summed E-state index contributed by atoms with van der Waals surface area (Å²) in [5.41, 5.74) is 13.8. The molecule has 1 aliphatic carbocycles. The summed E-state index contributed by atoms with van der Waals surface area (Å²) in [5, 5.41) is 0. The highest BCUT2D eigenvalue weighted by Crippen LogP contribution is 2.40. The summed E-state index contributed by atoms with van der Waals surface area (Å²) in [4.78, 5) is 14.1. The summed E-state index contributed by atoms with van der Waals surface area (Å²) in [5.74, 6) is 0.363. The quantitative estimate of drug-likeness (QED) is 0.831. The van der Waals surface area contributed by atoms with Gasteiger partial charge in [-0.3, -0.25) is 4.79 Å². The lowest BCUT2D eigenvalue weighted by Crippen LogP contribution is -2.36. The van der Waals surface area contributed by atoms with Crippen LogP contribution in [0.1, 0.15) is 48.9 Å². The van der Waals surface area contributed by atoms with Crippen molar-refractivity contribution >= 4 is 17.3 Å². The molecule has 1 unspecified atom stereocenters. The van der Waals surface area contributed by atoms with Gasteiger partial charge in [0.15, 0.2) is 0 Å². The molecule has 1 heterocycles. The van der Waals surface area contributed by atoms with E-state index >= 15 is 0 Å². The molecule has 4 heteroatoms. The molecule has 1 aliphatic heterocycles. The summed E-state index contributed by atoms with van der Waals surface area (Å²) in [6.45, 7) is 0.982. The summed E-state index contributed by atoms with van der Waals surface area (Å²) >= 11 is 0. The summed E-state index contributed by atoms with van der Waals surface area (Å²) in [6.07, 6.45) is 7.66. The summed E-state index contributed by atoms with van der Waals surface area (Å²) in [7, 11) is 0. The van der Waals surface area contributed by atoms with Gasteiger partial charge in [0.05, 0.1) is 16.9 Å². The molecule has 1 saturated heterocycles. The van der Waals surface area contributed by atoms with Gasteiger partial charge in [-0.25, -0.2) is 0 Å². The minimum absolute atomic E-state index is 0.385. The maximum Gasteiger partial charge on any atom is 0.250 e. The van der Waals surface area contributed by atoms with Gasteiger partial charge in [0, 0.05) is 12.6 Å². The topological polar surface area (TPSA) is 72.3 Å². The number of nitrogen functional groups attached to an aromatic ring is 1. The third-order valence-electron chi connectivity index (χ3n) is 4.86. The molecule has 0 aromatic heterocycles. The van der Waals surface area contributed by atoms with Crippen LogP contribution in [0, 0.1) is 5.92 Å². The monoisotopic (exact) mass is 273 g/mol. The second kappa shape index (κ2) is 5.35. The van der Waals surface area contributed by atoms with Crippen molar-refractivity contribution in [1.82, 2.24) is 0 Å². The lowest BCUT2D eigenvalue weighted by molar-refractivity contribution is 0.100. The number of nitrogens with zero attached hydrogens (tertiary/aromatic N) is 1. The van der Waals surface area contributed by atoms with Gasteiger partial charge in [-0.2, -0.15) is 0 Å². The Morgan fingerprint density at radius 1 is 1.15 bits per heavy atom. The molecular formula is C16H23N3O. The number of benzene rings is 1. The third kappa shape index (κ3) is 2.23. The molecule has 1 aromatic rings. The van der Waals surface area contributed by atoms with Crippen LogP contribution in [0.5, 0.6) is 0 Å². The smallest absolute Gasteiger partial charge is 0.250 e. The van der Waals surface area contributed by atoms with E-state index in [1.807, 2.05) is 6.07 Å². The lowest BCUT2D eigenvalue weighted by Gasteiger charge is -2.33. The van der Waals surface area contributed by atoms with Crippen molar-refractivity contribution in [3.8, 4) is 0 Å². The van der Waals surface area contributed by atoms with E-state index in [0.29, 0.717) is 17.3 Å². The minimum Gasteiger partial charge on any atom is -0.397 e. The highest BCUT2D eigenvalue weighted by Gasteiger charge is 2.35. The first-order valence-electron chi connectivity index (χ1n) is 7.63. The zero-order valence-corrected chi connectivity index (χ0v) is 11.8. The van der Waals surface area contributed by atoms with E-state index in [9.17, 15) is 4.79 Å². The van der Waals surface area contributed by atoms with E-state index in [-0.39, 0.29) is 5.91 Å². The molecule has 0 spiro atoms. The van der Waals surface area contributed by atoms with Gasteiger partial charge < -0.3 is 16.4 Å². The molecule has 1 amide bonds. The van der Waals surface area contributed by atoms with E-state index in [1.165, 1.54) is 38.5 Å². The predicted molar refractivity (Wildman–Crippen MR) is 81.7 cm³/mol. The molecule has 0 radical (unpaired) electrons. The van der Waals surface area contributed by atoms with Crippen LogP contribution >= 0.6 is 0 Å². The van der Waals surface area contributed by atoms with Crippen molar-refractivity contribution in [3.63, 3.8) is 0 Å². The van der Waals surface area contributed by atoms with Gasteiger partial charge in [-0.1, -0.05) is 18.9 Å². The maximum absolute atomic E-state index is 11.7. The zero-order chi connectivity index (χ0) is 14.1. The van der Waals surface area contributed by atoms with Gasteiger partial charge in [0.1, 0.15) is 0 Å². The van der Waals surface area contributed by atoms with Crippen LogP contribution in [0.15, 0.2) is 18.2 Å². The highest BCUT2D eigenvalue weighted by atomic mass is 16.1. The van der Waals surface area contributed by atoms with Gasteiger partial charge in [-0.15, -0.1) is 0 Å². The summed E-state index contributed by atoms with van der Waals surface area (Å²) < 4.78 is 0. The molecular weight excluding hydrogens is 250 g/mol. The first-order valence-corrected chi connectivity index (χ1v) is 7.63. The zero-order valence-electron chi connectivity index (χ0n) is 11.8. The largest absolute Gasteiger partial charge is 0.397 e. The normalized spacial score (nSPS) is 23.4. The summed E-state index contributed by atoms with van der Waals surface area (Å²) in [6, 6.07) is 5.99. The molecule has 0 bridgehead atoms. The molecule has 1 aromatic carbocycles. The van der Waals surface area contributed by atoms with E-state index in [4.69, 9.17) is 11.5 Å². The Morgan fingerprint density at radius 3 is 2.60 bits per heavy atom. The Morgan fingerprint density at radius 2 is 1.90 bits per heavy atom. The van der Waals surface area contributed by atoms with Crippen LogP contribution < -0.4 is 16.4 Å². The molecule has 108 valence electrons. The number of carbonyl (C=O) groups excluding carboxylic acids is 1. The number of anilines is 2. The minimum atomic E-state index is -0.385. The number of carbonyl (C=O) groups is 1. The van der Waals surface area contributed by atoms with Crippen molar-refractivity contribution in [2.24, 2.45) is 11.7 Å². The molecule has 1 atom stereocenters. The van der Waals surface area contributed by atoms with E-state index in [1.54, 1.807) is 12.1 Å². The standard InChI is InChI=1S/C16H23N3O/c17-13-8-3-7-12(16(18)20)15(13)19-10-4-9-14(19)11-5-1-2-6-11/h3,7-8,11,14H,1-2,4-6,9-10,17H2,(H2,18,20). The highest BCUT2D eigenvalue weighted by molar-refractivity contribution is 6.01. The second-order valence-electron chi connectivity index (χ2n) is 6.06. The Labute approximate surface area is 120 Å². The average molecular weight is 273 g/mol. The molecule has 2 aliphatic rings. The van der Waals surface area contributed by atoms with Gasteiger partial charge in [0.25, 0.3) is 5.91 Å². The Kier molecular flexibility index (Phi) is 3.55. The molecule has 20 heavy (non-hydrogen) atoms. The van der Waals surface area contributed by atoms with E-state index in [2.05, 4.69) is 4.90 Å². The van der Waals surface area contributed by atoms with E-state index < -0.39 is 0 Å². The maximum atomic E-state index is 11.7. The number of primary amides is 1. The Balaban J connectivity index is 1.96. The van der Waals surface area contributed by atoms with Crippen LogP contribution in [0.25, 0.3) is 0 Å². The number of nitrogens with two attached hydrogens (primary N) is 2. The van der Waals surface area contributed by atoms with Crippen molar-refractivity contribution in [3.05, 3.63) is 23.8 Å². The fourth-order valence-corrected chi connectivity index (χ4v) is 3.98. The van der Waals surface area contributed by atoms with Crippen molar-refractivity contribution in [2.45, 2.75) is 44.6 Å². The fraction of sp³-hybridized carbons (Fsp3) is 0.562. The van der Waals surface area contributed by atoms with Crippen LogP contribution in [0.2, 0.25) is 0 Å². The lowest BCUT2D eigenvalue weighted by atomic mass is 9.95. The Bertz CT molecular complexity index is 508. The number of hydrogen-bond donors (Lipinski definition) is 2. The number of hydrogen-bond acceptors (Lipinski definition) is 3. The third-order valence-corrected chi connectivity index (χ3v) is 4.86. The Hall–Kier alpha value is -1.71. The molecule has 3 rings (SSSR count). The average Bonchev–Trinajstić information content (AvgIpc) is 3.08. The number of amides is 1. The SMILES string of the molecule is NC(=O)c1cccc(N)c1N1CCCC1C1CCCC1. The first kappa shape index (κ1) is 13.3. The van der Waals surface area contributed by atoms with Gasteiger partial charge in [0.2, 0.25) is 0 Å². The second-order valence-corrected chi connectivity index (χ2v) is 6.06. The number of rotatable bonds is 3. The molecule has 1 saturated carbocycles. The van der Waals surface area contributed by atoms with Gasteiger partial charge >= 0.3 is 0 Å².